The van der Waals surface area contributed by atoms with E-state index in [0.717, 1.165) is 21.7 Å². The van der Waals surface area contributed by atoms with Crippen LogP contribution in [0.1, 0.15) is 11.3 Å². The molecule has 0 radical (unpaired) electrons. The summed E-state index contributed by atoms with van der Waals surface area (Å²) in [5.41, 5.74) is 3.16. The third-order valence-electron chi connectivity index (χ3n) is 2.59. The number of rotatable bonds is 4. The number of hydrogen-bond donors (Lipinski definition) is 1. The predicted molar refractivity (Wildman–Crippen MR) is 77.0 cm³/mol. The van der Waals surface area contributed by atoms with E-state index in [1.54, 1.807) is 7.11 Å². The highest BCUT2D eigenvalue weighted by molar-refractivity contribution is 9.10. The Morgan fingerprint density at radius 2 is 2.11 bits per heavy atom. The maximum Gasteiger partial charge on any atom is 0.141 e. The van der Waals surface area contributed by atoms with Gasteiger partial charge in [0.05, 0.1) is 25.0 Å². The fourth-order valence-electron chi connectivity index (χ4n) is 1.69. The van der Waals surface area contributed by atoms with Gasteiger partial charge >= 0.3 is 0 Å². The highest BCUT2D eigenvalue weighted by Gasteiger charge is 2.03. The minimum Gasteiger partial charge on any atom is -0.495 e. The number of anilines is 1. The van der Waals surface area contributed by atoms with E-state index in [1.165, 1.54) is 5.56 Å². The second kappa shape index (κ2) is 5.87. The first kappa shape index (κ1) is 12.9. The van der Waals surface area contributed by atoms with Gasteiger partial charge in [-0.2, -0.15) is 0 Å². The molecule has 0 aliphatic heterocycles. The quantitative estimate of drug-likeness (QED) is 0.873. The lowest BCUT2D eigenvalue weighted by molar-refractivity contribution is 0.416. The van der Waals surface area contributed by atoms with Crippen molar-refractivity contribution in [3.63, 3.8) is 0 Å². The lowest BCUT2D eigenvalue weighted by Gasteiger charge is -2.11. The summed E-state index contributed by atoms with van der Waals surface area (Å²) in [6, 6.07) is 11.9. The molecule has 0 aliphatic carbocycles. The predicted octanol–water partition coefficient (Wildman–Crippen LogP) is 3.77. The van der Waals surface area contributed by atoms with Gasteiger partial charge in [-0.05, 0) is 52.7 Å². The maximum absolute atomic E-state index is 5.32. The fraction of sp³-hybridized carbons (Fsp3) is 0.214. The molecule has 0 unspecified atom stereocenters. The van der Waals surface area contributed by atoms with Crippen LogP contribution in [0.3, 0.4) is 0 Å². The Labute approximate surface area is 115 Å². The average molecular weight is 307 g/mol. The Hall–Kier alpha value is -1.55. The van der Waals surface area contributed by atoms with Crippen LogP contribution in [0.4, 0.5) is 5.69 Å². The number of nitrogens with zero attached hydrogens (tertiary/aromatic N) is 1. The molecule has 1 aromatic heterocycles. The first-order chi connectivity index (χ1) is 8.69. The minimum absolute atomic E-state index is 0.666. The number of methoxy groups -OCH3 is 1. The summed E-state index contributed by atoms with van der Waals surface area (Å²) in [4.78, 5) is 4.38. The van der Waals surface area contributed by atoms with Crippen LogP contribution in [0.25, 0.3) is 0 Å². The van der Waals surface area contributed by atoms with Crippen molar-refractivity contribution in [2.75, 3.05) is 12.4 Å². The molecule has 0 bridgehead atoms. The van der Waals surface area contributed by atoms with Crippen molar-refractivity contribution in [1.82, 2.24) is 4.98 Å². The maximum atomic E-state index is 5.32. The van der Waals surface area contributed by atoms with Crippen molar-refractivity contribution >= 4 is 21.6 Å². The Morgan fingerprint density at radius 3 is 2.83 bits per heavy atom. The van der Waals surface area contributed by atoms with Crippen molar-refractivity contribution in [2.45, 2.75) is 13.5 Å². The van der Waals surface area contributed by atoms with Gasteiger partial charge in [0.2, 0.25) is 0 Å². The summed E-state index contributed by atoms with van der Waals surface area (Å²) in [7, 11) is 1.67. The van der Waals surface area contributed by atoms with Crippen LogP contribution < -0.4 is 10.1 Å². The molecule has 94 valence electrons. The Balaban J connectivity index is 2.12. The molecule has 0 atom stereocenters. The molecule has 0 saturated carbocycles. The summed E-state index contributed by atoms with van der Waals surface area (Å²) in [6.45, 7) is 2.72. The number of ether oxygens (including phenoxy) is 1. The largest absolute Gasteiger partial charge is 0.495 e. The number of hydrogen-bond acceptors (Lipinski definition) is 3. The van der Waals surface area contributed by atoms with E-state index < -0.39 is 0 Å². The van der Waals surface area contributed by atoms with E-state index in [0.29, 0.717) is 6.54 Å². The Bertz CT molecular complexity index is 543. The lowest BCUT2D eigenvalue weighted by atomic mass is 10.2. The van der Waals surface area contributed by atoms with Gasteiger partial charge in [-0.15, -0.1) is 0 Å². The standard InChI is InChI=1S/C14H15BrN2O/c1-10-6-7-13(18-2)12(8-10)16-9-11-4-3-5-14(15)17-11/h3-8,16H,9H2,1-2H3. The third kappa shape index (κ3) is 3.23. The zero-order chi connectivity index (χ0) is 13.0. The molecular formula is C14H15BrN2O. The van der Waals surface area contributed by atoms with Crippen molar-refractivity contribution in [2.24, 2.45) is 0 Å². The molecule has 1 aromatic carbocycles. The molecule has 4 heteroatoms. The van der Waals surface area contributed by atoms with Gasteiger partial charge in [-0.25, -0.2) is 4.98 Å². The van der Waals surface area contributed by atoms with Crippen molar-refractivity contribution in [3.05, 3.63) is 52.3 Å². The minimum atomic E-state index is 0.666. The SMILES string of the molecule is COc1ccc(C)cc1NCc1cccc(Br)n1. The molecule has 3 nitrogen and oxygen atoms in total. The van der Waals surface area contributed by atoms with E-state index in [4.69, 9.17) is 4.74 Å². The summed E-state index contributed by atoms with van der Waals surface area (Å²) in [6.07, 6.45) is 0. The van der Waals surface area contributed by atoms with E-state index in [-0.39, 0.29) is 0 Å². The van der Waals surface area contributed by atoms with Gasteiger partial charge in [0, 0.05) is 0 Å². The Morgan fingerprint density at radius 1 is 1.28 bits per heavy atom. The van der Waals surface area contributed by atoms with Gasteiger partial charge < -0.3 is 10.1 Å². The van der Waals surface area contributed by atoms with E-state index in [2.05, 4.69) is 39.2 Å². The second-order valence-corrected chi connectivity index (χ2v) is 4.82. The number of aromatic nitrogens is 1. The molecule has 0 fully saturated rings. The van der Waals surface area contributed by atoms with Crippen LogP contribution in [-0.4, -0.2) is 12.1 Å². The second-order valence-electron chi connectivity index (χ2n) is 4.01. The first-order valence-corrected chi connectivity index (χ1v) is 6.48. The van der Waals surface area contributed by atoms with Crippen LogP contribution in [0.2, 0.25) is 0 Å². The third-order valence-corrected chi connectivity index (χ3v) is 3.03. The van der Waals surface area contributed by atoms with Gasteiger partial charge in [-0.1, -0.05) is 12.1 Å². The highest BCUT2D eigenvalue weighted by atomic mass is 79.9. The zero-order valence-electron chi connectivity index (χ0n) is 10.4. The summed E-state index contributed by atoms with van der Waals surface area (Å²) >= 11 is 3.36. The highest BCUT2D eigenvalue weighted by Crippen LogP contribution is 2.25. The lowest BCUT2D eigenvalue weighted by Crippen LogP contribution is -2.03. The topological polar surface area (TPSA) is 34.1 Å². The van der Waals surface area contributed by atoms with Gasteiger partial charge in [0.1, 0.15) is 10.4 Å². The molecule has 0 aliphatic rings. The van der Waals surface area contributed by atoms with Gasteiger partial charge in [0.25, 0.3) is 0 Å². The van der Waals surface area contributed by atoms with Crippen molar-refractivity contribution < 1.29 is 4.74 Å². The molecule has 1 heterocycles. The fourth-order valence-corrected chi connectivity index (χ4v) is 2.07. The van der Waals surface area contributed by atoms with Crippen LogP contribution in [0.5, 0.6) is 5.75 Å². The molecule has 1 N–H and O–H groups in total. The number of nitrogens with one attached hydrogen (secondary N) is 1. The first-order valence-electron chi connectivity index (χ1n) is 5.69. The van der Waals surface area contributed by atoms with Crippen LogP contribution in [-0.2, 0) is 6.54 Å². The molecule has 18 heavy (non-hydrogen) atoms. The summed E-state index contributed by atoms with van der Waals surface area (Å²) < 4.78 is 6.17. The number of benzene rings is 1. The summed E-state index contributed by atoms with van der Waals surface area (Å²) in [5, 5.41) is 3.34. The van der Waals surface area contributed by atoms with Crippen molar-refractivity contribution in [1.29, 1.82) is 0 Å². The van der Waals surface area contributed by atoms with Crippen molar-refractivity contribution in [3.8, 4) is 5.75 Å². The monoisotopic (exact) mass is 306 g/mol. The molecule has 0 spiro atoms. The molecule has 2 rings (SSSR count). The molecule has 0 saturated heterocycles. The molecule has 0 amide bonds. The van der Waals surface area contributed by atoms with Crippen LogP contribution in [0.15, 0.2) is 41.0 Å². The molecule has 2 aromatic rings. The van der Waals surface area contributed by atoms with Crippen LogP contribution in [0, 0.1) is 6.92 Å². The number of halogens is 1. The van der Waals surface area contributed by atoms with E-state index in [1.807, 2.05) is 30.3 Å². The smallest absolute Gasteiger partial charge is 0.141 e. The normalized spacial score (nSPS) is 10.2. The molecular weight excluding hydrogens is 292 g/mol. The van der Waals surface area contributed by atoms with E-state index >= 15 is 0 Å². The van der Waals surface area contributed by atoms with Gasteiger partial charge in [-0.3, -0.25) is 0 Å². The zero-order valence-corrected chi connectivity index (χ0v) is 12.0. The Kier molecular flexibility index (Phi) is 4.20. The average Bonchev–Trinajstić information content (AvgIpc) is 2.37. The van der Waals surface area contributed by atoms with E-state index in [9.17, 15) is 0 Å². The summed E-state index contributed by atoms with van der Waals surface area (Å²) in [5.74, 6) is 0.843. The van der Waals surface area contributed by atoms with Gasteiger partial charge in [0.15, 0.2) is 0 Å². The number of aryl methyl sites for hydroxylation is 1. The van der Waals surface area contributed by atoms with Crippen LogP contribution >= 0.6 is 15.9 Å². The number of pyridine rings is 1.